The number of carboxylic acids is 1. The first kappa shape index (κ1) is 14.5. The molecule has 0 unspecified atom stereocenters. The van der Waals surface area contributed by atoms with Crippen molar-refractivity contribution in [1.82, 2.24) is 4.90 Å². The largest absolute Gasteiger partial charge is 0.480 e. The Balaban J connectivity index is 2.42. The first-order chi connectivity index (χ1) is 9.99. The number of nitrogens with zero attached hydrogens (tertiary/aromatic N) is 1. The Morgan fingerprint density at radius 1 is 1.00 bits per heavy atom. The van der Waals surface area contributed by atoms with Gasteiger partial charge >= 0.3 is 5.97 Å². The van der Waals surface area contributed by atoms with Gasteiger partial charge in [0.15, 0.2) is 0 Å². The maximum Gasteiger partial charge on any atom is 0.323 e. The Bertz CT molecular complexity index is 690. The van der Waals surface area contributed by atoms with Gasteiger partial charge < -0.3 is 15.7 Å². The summed E-state index contributed by atoms with van der Waals surface area (Å²) < 4.78 is 0. The van der Waals surface area contributed by atoms with E-state index in [1.54, 1.807) is 24.3 Å². The molecule has 2 aromatic rings. The van der Waals surface area contributed by atoms with E-state index in [0.29, 0.717) is 10.9 Å². The molecule has 108 valence electrons. The van der Waals surface area contributed by atoms with Gasteiger partial charge in [0.1, 0.15) is 13.1 Å². The van der Waals surface area contributed by atoms with Gasteiger partial charge in [-0.05, 0) is 16.8 Å². The molecular formula is C15H14N2O4. The second kappa shape index (κ2) is 6.04. The second-order valence-electron chi connectivity index (χ2n) is 4.55. The molecule has 0 aliphatic carbocycles. The number of benzene rings is 2. The summed E-state index contributed by atoms with van der Waals surface area (Å²) in [4.78, 5) is 35.3. The Hall–Kier alpha value is -2.89. The zero-order valence-electron chi connectivity index (χ0n) is 11.2. The van der Waals surface area contributed by atoms with Crippen LogP contribution in [0, 0.1) is 0 Å². The molecule has 6 heteroatoms. The summed E-state index contributed by atoms with van der Waals surface area (Å²) in [6.07, 6.45) is 0. The number of primary amides is 1. The third-order valence-electron chi connectivity index (χ3n) is 2.98. The van der Waals surface area contributed by atoms with Crippen molar-refractivity contribution >= 4 is 28.6 Å². The summed E-state index contributed by atoms with van der Waals surface area (Å²) in [6, 6.07) is 12.4. The van der Waals surface area contributed by atoms with Crippen LogP contribution in [0.4, 0.5) is 0 Å². The van der Waals surface area contributed by atoms with Gasteiger partial charge in [-0.1, -0.05) is 36.4 Å². The number of hydrogen-bond acceptors (Lipinski definition) is 3. The Labute approximate surface area is 120 Å². The molecule has 0 spiro atoms. The van der Waals surface area contributed by atoms with Crippen molar-refractivity contribution in [3.63, 3.8) is 0 Å². The van der Waals surface area contributed by atoms with Crippen LogP contribution in [-0.2, 0) is 9.59 Å². The quantitative estimate of drug-likeness (QED) is 0.850. The maximum absolute atomic E-state index is 12.5. The number of rotatable bonds is 5. The van der Waals surface area contributed by atoms with E-state index in [2.05, 4.69) is 0 Å². The second-order valence-corrected chi connectivity index (χ2v) is 4.55. The van der Waals surface area contributed by atoms with Gasteiger partial charge in [0.25, 0.3) is 5.91 Å². The van der Waals surface area contributed by atoms with E-state index in [0.717, 1.165) is 10.3 Å². The van der Waals surface area contributed by atoms with E-state index in [9.17, 15) is 14.4 Å². The maximum atomic E-state index is 12.5. The highest BCUT2D eigenvalue weighted by molar-refractivity contribution is 6.08. The zero-order valence-corrected chi connectivity index (χ0v) is 11.2. The zero-order chi connectivity index (χ0) is 15.4. The van der Waals surface area contributed by atoms with Gasteiger partial charge in [-0.25, -0.2) is 0 Å². The lowest BCUT2D eigenvalue weighted by Crippen LogP contribution is -2.41. The van der Waals surface area contributed by atoms with E-state index >= 15 is 0 Å². The summed E-state index contributed by atoms with van der Waals surface area (Å²) in [6.45, 7) is -1.01. The molecule has 0 aromatic heterocycles. The topological polar surface area (TPSA) is 101 Å². The minimum atomic E-state index is -1.20. The normalized spacial score (nSPS) is 10.3. The summed E-state index contributed by atoms with van der Waals surface area (Å²) in [5.74, 6) is -2.50. The van der Waals surface area contributed by atoms with Crippen molar-refractivity contribution < 1.29 is 19.5 Å². The number of hydrogen-bond donors (Lipinski definition) is 2. The molecule has 0 saturated carbocycles. The van der Waals surface area contributed by atoms with Crippen molar-refractivity contribution in [2.45, 2.75) is 0 Å². The molecule has 0 radical (unpaired) electrons. The van der Waals surface area contributed by atoms with Crippen LogP contribution in [0.25, 0.3) is 10.8 Å². The fourth-order valence-electron chi connectivity index (χ4n) is 2.13. The number of carboxylic acid groups (broad SMARTS) is 1. The molecule has 6 nitrogen and oxygen atoms in total. The van der Waals surface area contributed by atoms with E-state index in [1.165, 1.54) is 0 Å². The highest BCUT2D eigenvalue weighted by Crippen LogP contribution is 2.20. The molecule has 0 aliphatic heterocycles. The molecule has 0 bridgehead atoms. The number of amides is 2. The van der Waals surface area contributed by atoms with Crippen molar-refractivity contribution in [1.29, 1.82) is 0 Å². The van der Waals surface area contributed by atoms with Crippen LogP contribution in [0.1, 0.15) is 10.4 Å². The van der Waals surface area contributed by atoms with Crippen molar-refractivity contribution in [2.24, 2.45) is 5.73 Å². The molecule has 3 N–H and O–H groups in total. The molecule has 2 rings (SSSR count). The Kier molecular flexibility index (Phi) is 4.18. The van der Waals surface area contributed by atoms with E-state index in [4.69, 9.17) is 10.8 Å². The number of carbonyl (C=O) groups excluding carboxylic acids is 2. The number of carbonyl (C=O) groups is 3. The number of aliphatic carboxylic acids is 1. The van der Waals surface area contributed by atoms with Crippen LogP contribution in [0.3, 0.4) is 0 Å². The van der Waals surface area contributed by atoms with Crippen LogP contribution >= 0.6 is 0 Å². The summed E-state index contributed by atoms with van der Waals surface area (Å²) in [5, 5.41) is 10.4. The van der Waals surface area contributed by atoms with Crippen LogP contribution in [0.15, 0.2) is 42.5 Å². The summed E-state index contributed by atoms with van der Waals surface area (Å²) in [7, 11) is 0. The van der Waals surface area contributed by atoms with Gasteiger partial charge in [0.05, 0.1) is 0 Å². The van der Waals surface area contributed by atoms with Gasteiger partial charge in [-0.2, -0.15) is 0 Å². The van der Waals surface area contributed by atoms with Crippen molar-refractivity contribution in [3.05, 3.63) is 48.0 Å². The first-order valence-corrected chi connectivity index (χ1v) is 6.26. The third kappa shape index (κ3) is 3.36. The first-order valence-electron chi connectivity index (χ1n) is 6.26. The average molecular weight is 286 g/mol. The lowest BCUT2D eigenvalue weighted by atomic mass is 10.0. The predicted octanol–water partition coefficient (Wildman–Crippen LogP) is 0.852. The standard InChI is InChI=1S/C15H14N2O4/c16-13(18)8-17(9-14(19)20)15(21)12-7-3-5-10-4-1-2-6-11(10)12/h1-7H,8-9H2,(H2,16,18)(H,19,20). The highest BCUT2D eigenvalue weighted by atomic mass is 16.4. The molecule has 0 saturated heterocycles. The smallest absolute Gasteiger partial charge is 0.323 e. The molecule has 0 atom stereocenters. The lowest BCUT2D eigenvalue weighted by Gasteiger charge is -2.19. The summed E-state index contributed by atoms with van der Waals surface area (Å²) in [5.41, 5.74) is 5.41. The molecule has 0 heterocycles. The molecule has 21 heavy (non-hydrogen) atoms. The highest BCUT2D eigenvalue weighted by Gasteiger charge is 2.21. The number of nitrogens with two attached hydrogens (primary N) is 1. The Morgan fingerprint density at radius 2 is 1.67 bits per heavy atom. The molecule has 0 fully saturated rings. The van der Waals surface area contributed by atoms with E-state index in [1.807, 2.05) is 18.2 Å². The van der Waals surface area contributed by atoms with Crippen molar-refractivity contribution in [3.8, 4) is 0 Å². The Morgan fingerprint density at radius 3 is 2.33 bits per heavy atom. The minimum Gasteiger partial charge on any atom is -0.480 e. The van der Waals surface area contributed by atoms with Gasteiger partial charge in [-0.15, -0.1) is 0 Å². The minimum absolute atomic E-state index is 0.343. The van der Waals surface area contributed by atoms with Crippen LogP contribution < -0.4 is 5.73 Å². The number of fused-ring (bicyclic) bond motifs is 1. The fourth-order valence-corrected chi connectivity index (χ4v) is 2.13. The van der Waals surface area contributed by atoms with Gasteiger partial charge in [0, 0.05) is 5.56 Å². The predicted molar refractivity (Wildman–Crippen MR) is 76.7 cm³/mol. The molecular weight excluding hydrogens is 272 g/mol. The van der Waals surface area contributed by atoms with E-state index < -0.39 is 30.9 Å². The third-order valence-corrected chi connectivity index (χ3v) is 2.98. The average Bonchev–Trinajstić information content (AvgIpc) is 2.44. The van der Waals surface area contributed by atoms with Crippen molar-refractivity contribution in [2.75, 3.05) is 13.1 Å². The van der Waals surface area contributed by atoms with Crippen LogP contribution in [0.2, 0.25) is 0 Å². The van der Waals surface area contributed by atoms with E-state index in [-0.39, 0.29) is 0 Å². The molecule has 2 amide bonds. The lowest BCUT2D eigenvalue weighted by molar-refractivity contribution is -0.138. The fraction of sp³-hybridized carbons (Fsp3) is 0.133. The molecule has 0 aliphatic rings. The van der Waals surface area contributed by atoms with Gasteiger partial charge in [-0.3, -0.25) is 14.4 Å². The molecule has 2 aromatic carbocycles. The van der Waals surface area contributed by atoms with Gasteiger partial charge in [0.2, 0.25) is 5.91 Å². The monoisotopic (exact) mass is 286 g/mol. The summed E-state index contributed by atoms with van der Waals surface area (Å²) >= 11 is 0. The van der Waals surface area contributed by atoms with Crippen LogP contribution in [-0.4, -0.2) is 40.9 Å². The SMILES string of the molecule is NC(=O)CN(CC(=O)O)C(=O)c1cccc2ccccc12. The van der Waals surface area contributed by atoms with Crippen LogP contribution in [0.5, 0.6) is 0 Å².